The van der Waals surface area contributed by atoms with E-state index in [1.807, 2.05) is 0 Å². The van der Waals surface area contributed by atoms with E-state index in [0.29, 0.717) is 5.56 Å². The monoisotopic (exact) mass is 235 g/mol. The van der Waals surface area contributed by atoms with E-state index in [9.17, 15) is 14.4 Å². The average molecular weight is 235 g/mol. The molecule has 0 saturated heterocycles. The van der Waals surface area contributed by atoms with Crippen LogP contribution >= 0.6 is 0 Å². The molecule has 1 aromatic rings. The summed E-state index contributed by atoms with van der Waals surface area (Å²) >= 11 is 0. The summed E-state index contributed by atoms with van der Waals surface area (Å²) in [5.41, 5.74) is 5.36. The van der Waals surface area contributed by atoms with Crippen LogP contribution in [0.3, 0.4) is 0 Å². The maximum absolute atomic E-state index is 11.6. The Kier molecular flexibility index (Phi) is 4.87. The third-order valence-corrected chi connectivity index (χ3v) is 2.03. The molecule has 0 fully saturated rings. The van der Waals surface area contributed by atoms with E-state index in [0.717, 1.165) is 0 Å². The van der Waals surface area contributed by atoms with Gasteiger partial charge in [-0.2, -0.15) is 0 Å². The molecule has 0 unspecified atom stereocenters. The van der Waals surface area contributed by atoms with E-state index < -0.39 is 18.5 Å². The highest BCUT2D eigenvalue weighted by molar-refractivity contribution is 5.97. The van der Waals surface area contributed by atoms with E-state index in [-0.39, 0.29) is 18.6 Å². The Morgan fingerprint density at radius 2 is 1.71 bits per heavy atom. The Labute approximate surface area is 98.6 Å². The molecule has 0 aliphatic rings. The second-order valence-corrected chi connectivity index (χ2v) is 3.42. The number of amides is 1. The van der Waals surface area contributed by atoms with Gasteiger partial charge in [-0.05, 0) is 0 Å². The fourth-order valence-corrected chi connectivity index (χ4v) is 1.21. The van der Waals surface area contributed by atoms with Crippen molar-refractivity contribution in [3.8, 4) is 0 Å². The Hall–Kier alpha value is -2.17. The minimum absolute atomic E-state index is 0.0546. The van der Waals surface area contributed by atoms with Crippen LogP contribution in [-0.2, 0) is 14.3 Å². The first-order chi connectivity index (χ1) is 8.09. The molecule has 90 valence electrons. The van der Waals surface area contributed by atoms with Gasteiger partial charge in [0.25, 0.3) is 5.91 Å². The molecule has 2 N–H and O–H groups in total. The SMILES string of the molecule is NC(=O)COC(=O)CCC(=O)c1ccccc1. The van der Waals surface area contributed by atoms with E-state index in [1.54, 1.807) is 30.3 Å². The lowest BCUT2D eigenvalue weighted by molar-refractivity contribution is -0.147. The molecular weight excluding hydrogens is 222 g/mol. The number of carbonyl (C=O) groups is 3. The van der Waals surface area contributed by atoms with Crippen LogP contribution in [0, 0.1) is 0 Å². The minimum Gasteiger partial charge on any atom is -0.456 e. The van der Waals surface area contributed by atoms with E-state index in [2.05, 4.69) is 4.74 Å². The number of ketones is 1. The maximum Gasteiger partial charge on any atom is 0.306 e. The number of benzene rings is 1. The van der Waals surface area contributed by atoms with E-state index in [4.69, 9.17) is 5.73 Å². The molecule has 5 nitrogen and oxygen atoms in total. The second kappa shape index (κ2) is 6.42. The maximum atomic E-state index is 11.6. The Balaban J connectivity index is 2.34. The van der Waals surface area contributed by atoms with Crippen molar-refractivity contribution in [1.82, 2.24) is 0 Å². The number of esters is 1. The zero-order valence-electron chi connectivity index (χ0n) is 9.22. The molecule has 0 aliphatic carbocycles. The number of nitrogens with two attached hydrogens (primary N) is 1. The van der Waals surface area contributed by atoms with Crippen molar-refractivity contribution in [2.24, 2.45) is 5.73 Å². The van der Waals surface area contributed by atoms with E-state index >= 15 is 0 Å². The second-order valence-electron chi connectivity index (χ2n) is 3.42. The first kappa shape index (κ1) is 12.9. The van der Waals surface area contributed by atoms with Crippen LogP contribution in [0.25, 0.3) is 0 Å². The summed E-state index contributed by atoms with van der Waals surface area (Å²) in [6.07, 6.45) is 0.00260. The quantitative estimate of drug-likeness (QED) is 0.580. The summed E-state index contributed by atoms with van der Waals surface area (Å²) in [5, 5.41) is 0. The van der Waals surface area contributed by atoms with Crippen molar-refractivity contribution >= 4 is 17.7 Å². The van der Waals surface area contributed by atoms with Gasteiger partial charge in [-0.1, -0.05) is 30.3 Å². The summed E-state index contributed by atoms with van der Waals surface area (Å²) in [5.74, 6) is -1.46. The van der Waals surface area contributed by atoms with E-state index in [1.165, 1.54) is 0 Å². The van der Waals surface area contributed by atoms with Crippen LogP contribution < -0.4 is 5.73 Å². The van der Waals surface area contributed by atoms with Gasteiger partial charge in [0.05, 0.1) is 6.42 Å². The zero-order chi connectivity index (χ0) is 12.7. The summed E-state index contributed by atoms with van der Waals surface area (Å²) in [6, 6.07) is 8.66. The molecule has 17 heavy (non-hydrogen) atoms. The molecule has 0 aliphatic heterocycles. The first-order valence-electron chi connectivity index (χ1n) is 5.12. The smallest absolute Gasteiger partial charge is 0.306 e. The number of hydrogen-bond acceptors (Lipinski definition) is 4. The van der Waals surface area contributed by atoms with Crippen molar-refractivity contribution in [2.45, 2.75) is 12.8 Å². The summed E-state index contributed by atoms with van der Waals surface area (Å²) in [7, 11) is 0. The highest BCUT2D eigenvalue weighted by atomic mass is 16.5. The molecule has 1 rings (SSSR count). The molecule has 0 atom stereocenters. The summed E-state index contributed by atoms with van der Waals surface area (Å²) < 4.78 is 4.52. The zero-order valence-corrected chi connectivity index (χ0v) is 9.22. The number of ether oxygens (including phenoxy) is 1. The summed E-state index contributed by atoms with van der Waals surface area (Å²) in [4.78, 5) is 33.0. The predicted molar refractivity (Wildman–Crippen MR) is 60.2 cm³/mol. The van der Waals surface area contributed by atoms with Gasteiger partial charge in [-0.25, -0.2) is 0 Å². The fraction of sp³-hybridized carbons (Fsp3) is 0.250. The van der Waals surface area contributed by atoms with Crippen molar-refractivity contribution in [2.75, 3.05) is 6.61 Å². The fourth-order valence-electron chi connectivity index (χ4n) is 1.21. The number of hydrogen-bond donors (Lipinski definition) is 1. The van der Waals surface area contributed by atoms with Gasteiger partial charge in [-0.15, -0.1) is 0 Å². The number of carbonyl (C=O) groups excluding carboxylic acids is 3. The molecule has 0 radical (unpaired) electrons. The van der Waals surface area contributed by atoms with Gasteiger partial charge < -0.3 is 10.5 Å². The number of primary amides is 1. The lowest BCUT2D eigenvalue weighted by Gasteiger charge is -2.02. The highest BCUT2D eigenvalue weighted by Gasteiger charge is 2.10. The standard InChI is InChI=1S/C12H13NO4/c13-11(15)8-17-12(16)7-6-10(14)9-4-2-1-3-5-9/h1-5H,6-8H2,(H2,13,15). The highest BCUT2D eigenvalue weighted by Crippen LogP contribution is 2.05. The van der Waals surface area contributed by atoms with Crippen molar-refractivity contribution in [3.05, 3.63) is 35.9 Å². The Morgan fingerprint density at radius 1 is 1.06 bits per heavy atom. The van der Waals surface area contributed by atoms with Gasteiger partial charge >= 0.3 is 5.97 Å². The lowest BCUT2D eigenvalue weighted by Crippen LogP contribution is -2.21. The minimum atomic E-state index is -0.715. The van der Waals surface area contributed by atoms with Crippen molar-refractivity contribution in [1.29, 1.82) is 0 Å². The van der Waals surface area contributed by atoms with Crippen LogP contribution in [0.5, 0.6) is 0 Å². The summed E-state index contributed by atoms with van der Waals surface area (Å²) in [6.45, 7) is -0.446. The van der Waals surface area contributed by atoms with Gasteiger partial charge in [-0.3, -0.25) is 14.4 Å². The topological polar surface area (TPSA) is 86.5 Å². The van der Waals surface area contributed by atoms with Crippen molar-refractivity contribution < 1.29 is 19.1 Å². The molecule has 0 heterocycles. The van der Waals surface area contributed by atoms with Crippen LogP contribution in [-0.4, -0.2) is 24.3 Å². The van der Waals surface area contributed by atoms with Gasteiger partial charge in [0, 0.05) is 12.0 Å². The normalized spacial score (nSPS) is 9.65. The van der Waals surface area contributed by atoms with Gasteiger partial charge in [0.15, 0.2) is 12.4 Å². The number of rotatable bonds is 6. The largest absolute Gasteiger partial charge is 0.456 e. The van der Waals surface area contributed by atoms with Crippen LogP contribution in [0.2, 0.25) is 0 Å². The first-order valence-corrected chi connectivity index (χ1v) is 5.12. The van der Waals surface area contributed by atoms with Crippen LogP contribution in [0.1, 0.15) is 23.2 Å². The lowest BCUT2D eigenvalue weighted by atomic mass is 10.1. The van der Waals surface area contributed by atoms with Gasteiger partial charge in [0.1, 0.15) is 0 Å². The predicted octanol–water partition coefficient (Wildman–Crippen LogP) is 0.678. The molecule has 0 saturated carbocycles. The molecule has 1 amide bonds. The molecule has 0 spiro atoms. The Morgan fingerprint density at radius 3 is 2.29 bits per heavy atom. The van der Waals surface area contributed by atoms with Gasteiger partial charge in [0.2, 0.25) is 0 Å². The average Bonchev–Trinajstić information content (AvgIpc) is 2.34. The van der Waals surface area contributed by atoms with Crippen molar-refractivity contribution in [3.63, 3.8) is 0 Å². The third kappa shape index (κ3) is 4.92. The third-order valence-electron chi connectivity index (χ3n) is 2.03. The molecule has 1 aromatic carbocycles. The van der Waals surface area contributed by atoms with Crippen LogP contribution in [0.4, 0.5) is 0 Å². The number of Topliss-reactive ketones (excluding diaryl/α,β-unsaturated/α-hetero) is 1. The molecule has 5 heteroatoms. The van der Waals surface area contributed by atoms with Crippen LogP contribution in [0.15, 0.2) is 30.3 Å². The molecule has 0 aromatic heterocycles. The molecule has 0 bridgehead atoms. The Bertz CT molecular complexity index is 414. The molecular formula is C12H13NO4.